The molecule has 7 nitrogen and oxygen atoms in total. The first kappa shape index (κ1) is 26.7. The molecule has 8 heteroatoms. The molecule has 0 heterocycles. The summed E-state index contributed by atoms with van der Waals surface area (Å²) in [6.07, 6.45) is 5.16. The van der Waals surface area contributed by atoms with Crippen molar-refractivity contribution < 1.29 is 18.0 Å². The van der Waals surface area contributed by atoms with Gasteiger partial charge in [-0.1, -0.05) is 54.8 Å². The van der Waals surface area contributed by atoms with Gasteiger partial charge in [0.25, 0.3) is 0 Å². The second kappa shape index (κ2) is 11.2. The van der Waals surface area contributed by atoms with Gasteiger partial charge in [0.2, 0.25) is 21.8 Å². The minimum absolute atomic E-state index is 0.128. The normalized spacial score (nSPS) is 15.0. The number of sulfonamides is 1. The molecule has 0 aromatic heterocycles. The highest BCUT2D eigenvalue weighted by Gasteiger charge is 2.31. The molecule has 0 radical (unpaired) electrons. The van der Waals surface area contributed by atoms with Crippen LogP contribution in [0.3, 0.4) is 0 Å². The maximum absolute atomic E-state index is 13.7. The third-order valence-corrected chi connectivity index (χ3v) is 7.99. The van der Waals surface area contributed by atoms with Crippen LogP contribution in [0.4, 0.5) is 5.69 Å². The van der Waals surface area contributed by atoms with E-state index in [-0.39, 0.29) is 25.0 Å². The number of carbonyl (C=O) groups is 2. The van der Waals surface area contributed by atoms with Crippen molar-refractivity contribution in [2.24, 2.45) is 0 Å². The minimum Gasteiger partial charge on any atom is -0.352 e. The van der Waals surface area contributed by atoms with Crippen LogP contribution in [0.15, 0.2) is 42.5 Å². The number of anilines is 1. The van der Waals surface area contributed by atoms with E-state index in [4.69, 9.17) is 0 Å². The van der Waals surface area contributed by atoms with Gasteiger partial charge in [0.05, 0.1) is 11.9 Å². The third-order valence-electron chi connectivity index (χ3n) is 6.87. The van der Waals surface area contributed by atoms with Gasteiger partial charge in [0.1, 0.15) is 12.6 Å². The molecule has 1 N–H and O–H groups in total. The van der Waals surface area contributed by atoms with Gasteiger partial charge in [0, 0.05) is 12.6 Å². The fourth-order valence-corrected chi connectivity index (χ4v) is 5.37. The van der Waals surface area contributed by atoms with Gasteiger partial charge in [-0.05, 0) is 63.3 Å². The van der Waals surface area contributed by atoms with Gasteiger partial charge in [0.15, 0.2) is 0 Å². The molecule has 1 aliphatic carbocycles. The van der Waals surface area contributed by atoms with E-state index in [1.807, 2.05) is 51.1 Å². The van der Waals surface area contributed by atoms with Gasteiger partial charge < -0.3 is 10.2 Å². The Balaban J connectivity index is 1.90. The van der Waals surface area contributed by atoms with Crippen molar-refractivity contribution in [1.29, 1.82) is 0 Å². The molecule has 0 unspecified atom stereocenters. The van der Waals surface area contributed by atoms with Crippen molar-refractivity contribution in [3.05, 3.63) is 64.7 Å². The molecule has 1 aliphatic rings. The highest BCUT2D eigenvalue weighted by molar-refractivity contribution is 7.92. The summed E-state index contributed by atoms with van der Waals surface area (Å²) in [5.74, 6) is -0.638. The number of nitrogens with zero attached hydrogens (tertiary/aromatic N) is 2. The number of amides is 2. The number of nitrogens with one attached hydrogen (secondary N) is 1. The van der Waals surface area contributed by atoms with E-state index in [9.17, 15) is 18.0 Å². The van der Waals surface area contributed by atoms with Gasteiger partial charge in [-0.25, -0.2) is 8.42 Å². The molecule has 0 saturated heterocycles. The zero-order chi connectivity index (χ0) is 25.8. The third kappa shape index (κ3) is 6.84. The smallest absolute Gasteiger partial charge is 0.244 e. The second-order valence-corrected chi connectivity index (χ2v) is 11.6. The van der Waals surface area contributed by atoms with Gasteiger partial charge in [-0.15, -0.1) is 0 Å². The van der Waals surface area contributed by atoms with Crippen LogP contribution in [-0.4, -0.2) is 50.0 Å². The number of carbonyl (C=O) groups excluding carboxylic acids is 2. The lowest BCUT2D eigenvalue weighted by Gasteiger charge is -2.32. The van der Waals surface area contributed by atoms with E-state index < -0.39 is 22.0 Å². The quantitative estimate of drug-likeness (QED) is 0.568. The standard InChI is InChI=1S/C27H37N3O4S/c1-19-13-15-23(16-14-19)17-29(22(4)27(32)28-24-10-6-7-11-24)26(31)18-30(35(5,33)34)25-12-8-9-20(2)21(25)3/h8-9,12-16,22,24H,6-7,10-11,17-18H2,1-5H3,(H,28,32)/t22-/m0/s1. The number of benzene rings is 2. The molecule has 3 rings (SSSR count). The van der Waals surface area contributed by atoms with Crippen LogP contribution in [0.2, 0.25) is 0 Å². The molecule has 190 valence electrons. The van der Waals surface area contributed by atoms with E-state index >= 15 is 0 Å². The van der Waals surface area contributed by atoms with Crippen LogP contribution < -0.4 is 9.62 Å². The number of rotatable bonds is 9. The van der Waals surface area contributed by atoms with E-state index in [1.165, 1.54) is 4.90 Å². The maximum atomic E-state index is 13.7. The van der Waals surface area contributed by atoms with Crippen molar-refractivity contribution in [3.8, 4) is 0 Å². The van der Waals surface area contributed by atoms with Crippen molar-refractivity contribution in [1.82, 2.24) is 10.2 Å². The van der Waals surface area contributed by atoms with Crippen LogP contribution in [0.5, 0.6) is 0 Å². The van der Waals surface area contributed by atoms with Gasteiger partial charge in [-0.3, -0.25) is 13.9 Å². The average molecular weight is 500 g/mol. The lowest BCUT2D eigenvalue weighted by Crippen LogP contribution is -2.52. The van der Waals surface area contributed by atoms with Crippen molar-refractivity contribution in [3.63, 3.8) is 0 Å². The Morgan fingerprint density at radius 1 is 1.03 bits per heavy atom. The zero-order valence-electron chi connectivity index (χ0n) is 21.4. The van der Waals surface area contributed by atoms with E-state index in [1.54, 1.807) is 19.1 Å². The van der Waals surface area contributed by atoms with Crippen molar-refractivity contribution >= 4 is 27.5 Å². The predicted molar refractivity (Wildman–Crippen MR) is 140 cm³/mol. The van der Waals surface area contributed by atoms with E-state index in [0.29, 0.717) is 5.69 Å². The number of hydrogen-bond acceptors (Lipinski definition) is 4. The monoisotopic (exact) mass is 499 g/mol. The maximum Gasteiger partial charge on any atom is 0.244 e. The second-order valence-electron chi connectivity index (χ2n) is 9.66. The Labute approximate surface area is 209 Å². The van der Waals surface area contributed by atoms with Crippen molar-refractivity contribution in [2.45, 2.75) is 72.0 Å². The Hall–Kier alpha value is -2.87. The van der Waals surface area contributed by atoms with E-state index in [2.05, 4.69) is 5.32 Å². The Kier molecular flexibility index (Phi) is 8.59. The average Bonchev–Trinajstić information content (AvgIpc) is 3.31. The zero-order valence-corrected chi connectivity index (χ0v) is 22.2. The van der Waals surface area contributed by atoms with Gasteiger partial charge in [-0.2, -0.15) is 0 Å². The fourth-order valence-electron chi connectivity index (χ4n) is 4.47. The molecule has 2 amide bonds. The summed E-state index contributed by atoms with van der Waals surface area (Å²) in [5, 5.41) is 3.08. The first-order valence-corrected chi connectivity index (χ1v) is 14.0. The summed E-state index contributed by atoms with van der Waals surface area (Å²) in [6, 6.07) is 12.5. The first-order valence-electron chi connectivity index (χ1n) is 12.2. The molecule has 0 spiro atoms. The van der Waals surface area contributed by atoms with Gasteiger partial charge >= 0.3 is 0 Å². The molecule has 2 aromatic rings. The van der Waals surface area contributed by atoms with Crippen molar-refractivity contribution in [2.75, 3.05) is 17.1 Å². The minimum atomic E-state index is -3.74. The molecule has 0 aliphatic heterocycles. The summed E-state index contributed by atoms with van der Waals surface area (Å²) in [7, 11) is -3.74. The Bertz CT molecular complexity index is 1160. The SMILES string of the molecule is Cc1ccc(CN(C(=O)CN(c2cccc(C)c2C)S(C)(=O)=O)[C@@H](C)C(=O)NC2CCCC2)cc1. The van der Waals surface area contributed by atoms with E-state index in [0.717, 1.165) is 58.5 Å². The Morgan fingerprint density at radius 2 is 1.66 bits per heavy atom. The van der Waals surface area contributed by atoms with Crippen LogP contribution in [0.25, 0.3) is 0 Å². The lowest BCUT2D eigenvalue weighted by molar-refractivity contribution is -0.139. The highest BCUT2D eigenvalue weighted by Crippen LogP contribution is 2.25. The summed E-state index contributed by atoms with van der Waals surface area (Å²) in [5.41, 5.74) is 4.17. The largest absolute Gasteiger partial charge is 0.352 e. The molecule has 1 atom stereocenters. The predicted octanol–water partition coefficient (Wildman–Crippen LogP) is 3.85. The summed E-state index contributed by atoms with van der Waals surface area (Å²) in [6.45, 7) is 7.27. The molecule has 1 saturated carbocycles. The topological polar surface area (TPSA) is 86.8 Å². The summed E-state index contributed by atoms with van der Waals surface area (Å²) >= 11 is 0. The lowest BCUT2D eigenvalue weighted by atomic mass is 10.1. The fraction of sp³-hybridized carbons (Fsp3) is 0.481. The highest BCUT2D eigenvalue weighted by atomic mass is 32.2. The van der Waals surface area contributed by atoms with Crippen LogP contribution in [-0.2, 0) is 26.2 Å². The Morgan fingerprint density at radius 3 is 2.26 bits per heavy atom. The van der Waals surface area contributed by atoms with Crippen LogP contribution >= 0.6 is 0 Å². The molecular formula is C27H37N3O4S. The first-order chi connectivity index (χ1) is 16.5. The van der Waals surface area contributed by atoms with Crippen LogP contribution in [0.1, 0.15) is 54.9 Å². The molecule has 35 heavy (non-hydrogen) atoms. The molecular weight excluding hydrogens is 462 g/mol. The molecule has 1 fully saturated rings. The summed E-state index contributed by atoms with van der Waals surface area (Å²) in [4.78, 5) is 28.3. The molecule has 0 bridgehead atoms. The summed E-state index contributed by atoms with van der Waals surface area (Å²) < 4.78 is 26.7. The van der Waals surface area contributed by atoms with Crippen LogP contribution in [0, 0.1) is 20.8 Å². The number of aryl methyl sites for hydroxylation is 2. The number of hydrogen-bond donors (Lipinski definition) is 1. The molecule has 2 aromatic carbocycles.